The molecule has 4 heteroatoms. The summed E-state index contributed by atoms with van der Waals surface area (Å²) in [6, 6.07) is 6.61. The average Bonchev–Trinajstić information content (AvgIpc) is 2.49. The molecule has 0 saturated heterocycles. The lowest BCUT2D eigenvalue weighted by molar-refractivity contribution is -0.111. The number of halogens is 1. The average molecular weight is 304 g/mol. The smallest absolute Gasteiger partial charge is 0.266 e. The van der Waals surface area contributed by atoms with Crippen molar-refractivity contribution in [1.82, 2.24) is 0 Å². The van der Waals surface area contributed by atoms with Crippen molar-refractivity contribution in [1.29, 1.82) is 5.41 Å². The SMILES string of the molecule is CC.CC1CCC1/C(=C\C(=N)C(N)=O)Cc1ccccc1F. The minimum Gasteiger partial charge on any atom is -0.364 e. The Labute approximate surface area is 131 Å². The van der Waals surface area contributed by atoms with Crippen LogP contribution in [0.15, 0.2) is 35.9 Å². The number of primary amides is 1. The third kappa shape index (κ3) is 4.52. The minimum atomic E-state index is -0.747. The van der Waals surface area contributed by atoms with Gasteiger partial charge >= 0.3 is 0 Å². The van der Waals surface area contributed by atoms with Crippen molar-refractivity contribution in [3.05, 3.63) is 47.3 Å². The molecule has 1 saturated carbocycles. The van der Waals surface area contributed by atoms with Crippen LogP contribution in [0.3, 0.4) is 0 Å². The van der Waals surface area contributed by atoms with Gasteiger partial charge in [-0.3, -0.25) is 10.2 Å². The third-order valence-electron chi connectivity index (χ3n) is 4.04. The van der Waals surface area contributed by atoms with E-state index in [1.807, 2.05) is 13.8 Å². The van der Waals surface area contributed by atoms with Crippen molar-refractivity contribution < 1.29 is 9.18 Å². The summed E-state index contributed by atoms with van der Waals surface area (Å²) >= 11 is 0. The van der Waals surface area contributed by atoms with E-state index in [9.17, 15) is 9.18 Å². The van der Waals surface area contributed by atoms with E-state index in [2.05, 4.69) is 6.92 Å². The first-order valence-electron chi connectivity index (χ1n) is 7.81. The van der Waals surface area contributed by atoms with Gasteiger partial charge in [0.2, 0.25) is 0 Å². The summed E-state index contributed by atoms with van der Waals surface area (Å²) in [5.41, 5.74) is 6.43. The maximum atomic E-state index is 13.8. The van der Waals surface area contributed by atoms with E-state index in [0.29, 0.717) is 23.8 Å². The van der Waals surface area contributed by atoms with E-state index >= 15 is 0 Å². The number of carbonyl (C=O) groups excluding carboxylic acids is 1. The molecule has 2 rings (SSSR count). The second-order valence-corrected chi connectivity index (χ2v) is 5.43. The number of allylic oxidation sites excluding steroid dienone is 1. The number of amides is 1. The maximum absolute atomic E-state index is 13.8. The molecule has 0 spiro atoms. The Morgan fingerprint density at radius 1 is 1.36 bits per heavy atom. The number of hydrogen-bond donors (Lipinski definition) is 2. The molecule has 1 aliphatic carbocycles. The first kappa shape index (κ1) is 18.1. The Hall–Kier alpha value is -1.97. The van der Waals surface area contributed by atoms with Gasteiger partial charge in [0.15, 0.2) is 0 Å². The summed E-state index contributed by atoms with van der Waals surface area (Å²) < 4.78 is 13.8. The van der Waals surface area contributed by atoms with Crippen LogP contribution in [-0.2, 0) is 11.2 Å². The molecule has 120 valence electrons. The number of rotatable bonds is 5. The molecule has 1 aliphatic rings. The summed E-state index contributed by atoms with van der Waals surface area (Å²) in [6.45, 7) is 6.14. The number of hydrogen-bond acceptors (Lipinski definition) is 2. The highest BCUT2D eigenvalue weighted by atomic mass is 19.1. The van der Waals surface area contributed by atoms with E-state index in [0.717, 1.165) is 18.4 Å². The van der Waals surface area contributed by atoms with Crippen LogP contribution in [0.1, 0.15) is 39.2 Å². The van der Waals surface area contributed by atoms with Gasteiger partial charge in [0.05, 0.1) is 0 Å². The zero-order valence-corrected chi connectivity index (χ0v) is 13.5. The fraction of sp³-hybridized carbons (Fsp3) is 0.444. The topological polar surface area (TPSA) is 66.9 Å². The molecule has 0 aromatic heterocycles. The number of nitrogens with two attached hydrogens (primary N) is 1. The van der Waals surface area contributed by atoms with Gasteiger partial charge in [0.1, 0.15) is 11.5 Å². The molecule has 1 aromatic carbocycles. The number of benzene rings is 1. The first-order valence-corrected chi connectivity index (χ1v) is 7.81. The minimum absolute atomic E-state index is 0.213. The highest BCUT2D eigenvalue weighted by Crippen LogP contribution is 2.40. The van der Waals surface area contributed by atoms with Gasteiger partial charge in [0.25, 0.3) is 5.91 Å². The van der Waals surface area contributed by atoms with Gasteiger partial charge in [-0.15, -0.1) is 0 Å². The van der Waals surface area contributed by atoms with Gasteiger partial charge in [-0.05, 0) is 48.8 Å². The summed E-state index contributed by atoms with van der Waals surface area (Å²) in [5.74, 6) is -0.179. The molecule has 1 amide bonds. The molecule has 2 atom stereocenters. The summed E-state index contributed by atoms with van der Waals surface area (Å²) in [7, 11) is 0. The first-order chi connectivity index (χ1) is 10.5. The van der Waals surface area contributed by atoms with Crippen molar-refractivity contribution in [2.75, 3.05) is 0 Å². The predicted octanol–water partition coefficient (Wildman–Crippen LogP) is 3.87. The van der Waals surface area contributed by atoms with Gasteiger partial charge < -0.3 is 5.73 Å². The summed E-state index contributed by atoms with van der Waals surface area (Å²) in [4.78, 5) is 11.0. The van der Waals surface area contributed by atoms with E-state index in [4.69, 9.17) is 11.1 Å². The Kier molecular flexibility index (Phi) is 6.96. The molecule has 0 aliphatic heterocycles. The third-order valence-corrected chi connectivity index (χ3v) is 4.04. The number of nitrogens with one attached hydrogen (secondary N) is 1. The number of carbonyl (C=O) groups is 1. The highest BCUT2D eigenvalue weighted by molar-refractivity contribution is 6.41. The molecule has 0 bridgehead atoms. The van der Waals surface area contributed by atoms with Gasteiger partial charge in [-0.25, -0.2) is 4.39 Å². The molecule has 1 fully saturated rings. The normalized spacial score (nSPS) is 20.5. The fourth-order valence-electron chi connectivity index (χ4n) is 2.62. The van der Waals surface area contributed by atoms with E-state index < -0.39 is 5.91 Å². The lowest BCUT2D eigenvalue weighted by Crippen LogP contribution is -2.28. The van der Waals surface area contributed by atoms with E-state index in [1.165, 1.54) is 12.1 Å². The van der Waals surface area contributed by atoms with Crippen molar-refractivity contribution in [2.45, 2.75) is 40.0 Å². The van der Waals surface area contributed by atoms with Crippen LogP contribution in [0.4, 0.5) is 4.39 Å². The van der Waals surface area contributed by atoms with Crippen LogP contribution in [0.25, 0.3) is 0 Å². The lowest BCUT2D eigenvalue weighted by atomic mass is 9.69. The second-order valence-electron chi connectivity index (χ2n) is 5.43. The molecule has 3 nitrogen and oxygen atoms in total. The van der Waals surface area contributed by atoms with E-state index in [-0.39, 0.29) is 11.5 Å². The van der Waals surface area contributed by atoms with E-state index in [1.54, 1.807) is 18.2 Å². The molecule has 2 unspecified atom stereocenters. The Bertz CT molecular complexity index is 566. The van der Waals surface area contributed by atoms with Crippen molar-refractivity contribution in [3.63, 3.8) is 0 Å². The Morgan fingerprint density at radius 3 is 2.45 bits per heavy atom. The molecule has 3 N–H and O–H groups in total. The predicted molar refractivity (Wildman–Crippen MR) is 88.3 cm³/mol. The molecule has 0 radical (unpaired) electrons. The molecule has 1 aromatic rings. The van der Waals surface area contributed by atoms with Crippen LogP contribution in [0.5, 0.6) is 0 Å². The van der Waals surface area contributed by atoms with Crippen LogP contribution < -0.4 is 5.73 Å². The second kappa shape index (κ2) is 8.47. The lowest BCUT2D eigenvalue weighted by Gasteiger charge is -2.36. The van der Waals surface area contributed by atoms with Gasteiger partial charge in [-0.2, -0.15) is 0 Å². The largest absolute Gasteiger partial charge is 0.364 e. The molecule has 22 heavy (non-hydrogen) atoms. The molecule has 0 heterocycles. The highest BCUT2D eigenvalue weighted by Gasteiger charge is 2.30. The van der Waals surface area contributed by atoms with Crippen LogP contribution in [0, 0.1) is 23.1 Å². The van der Waals surface area contributed by atoms with Crippen LogP contribution >= 0.6 is 0 Å². The maximum Gasteiger partial charge on any atom is 0.266 e. The summed E-state index contributed by atoms with van der Waals surface area (Å²) in [6.07, 6.45) is 4.10. The quantitative estimate of drug-likeness (QED) is 0.797. The van der Waals surface area contributed by atoms with Crippen molar-refractivity contribution >= 4 is 11.6 Å². The van der Waals surface area contributed by atoms with Crippen molar-refractivity contribution in [2.24, 2.45) is 17.6 Å². The van der Waals surface area contributed by atoms with Crippen LogP contribution in [-0.4, -0.2) is 11.6 Å². The standard InChI is InChI=1S/C16H19FN2O.C2H6/c1-10-6-7-13(10)12(9-15(18)16(19)20)8-11-4-2-3-5-14(11)17;1-2/h2-5,9-10,13,18H,6-8H2,1H3,(H2,19,20);1-2H3/b12-9-,18-15?;. The van der Waals surface area contributed by atoms with Crippen LogP contribution in [0.2, 0.25) is 0 Å². The fourth-order valence-corrected chi connectivity index (χ4v) is 2.62. The van der Waals surface area contributed by atoms with Gasteiger partial charge in [0, 0.05) is 0 Å². The summed E-state index contributed by atoms with van der Waals surface area (Å²) in [5, 5.41) is 7.61. The Morgan fingerprint density at radius 2 is 2.00 bits per heavy atom. The van der Waals surface area contributed by atoms with Gasteiger partial charge in [-0.1, -0.05) is 44.5 Å². The molecular weight excluding hydrogens is 279 g/mol. The zero-order chi connectivity index (χ0) is 16.7. The Balaban J connectivity index is 0.00000116. The molecular formula is C18H25FN2O. The van der Waals surface area contributed by atoms with Crippen molar-refractivity contribution in [3.8, 4) is 0 Å². The monoisotopic (exact) mass is 304 g/mol. The zero-order valence-electron chi connectivity index (χ0n) is 13.5.